The van der Waals surface area contributed by atoms with E-state index in [0.29, 0.717) is 0 Å². The van der Waals surface area contributed by atoms with Gasteiger partial charge in [-0.05, 0) is 6.92 Å². The van der Waals surface area contributed by atoms with E-state index in [1.165, 1.54) is 19.2 Å². The van der Waals surface area contributed by atoms with Gasteiger partial charge in [0.25, 0.3) is 5.60 Å². The molecule has 10 heteroatoms. The van der Waals surface area contributed by atoms with E-state index in [4.69, 9.17) is 15.5 Å². The molecule has 1 aromatic rings. The molecule has 0 spiro atoms. The third kappa shape index (κ3) is 7.41. The van der Waals surface area contributed by atoms with Crippen molar-refractivity contribution in [3.8, 4) is 12.1 Å². The summed E-state index contributed by atoms with van der Waals surface area (Å²) in [6.45, 7) is 2.79. The lowest BCUT2D eigenvalue weighted by atomic mass is 10.1. The number of nitriles is 2. The second-order valence-electron chi connectivity index (χ2n) is 3.88. The maximum atomic E-state index is 9.96. The van der Waals surface area contributed by atoms with Crippen LogP contribution >= 0.6 is 0 Å². The molecule has 0 aliphatic carbocycles. The molecule has 114 valence electrons. The van der Waals surface area contributed by atoms with Crippen molar-refractivity contribution < 1.29 is 29.0 Å². The van der Waals surface area contributed by atoms with Gasteiger partial charge in [-0.1, -0.05) is 0 Å². The van der Waals surface area contributed by atoms with Gasteiger partial charge in [0.2, 0.25) is 6.33 Å². The summed E-state index contributed by atoms with van der Waals surface area (Å²) in [5.74, 6) is 0. The number of aromatic nitrogens is 2. The van der Waals surface area contributed by atoms with Gasteiger partial charge in [-0.15, -0.1) is 0 Å². The third-order valence-electron chi connectivity index (χ3n) is 2.17. The van der Waals surface area contributed by atoms with Gasteiger partial charge < -0.3 is 14.8 Å². The van der Waals surface area contributed by atoms with Gasteiger partial charge in [-0.3, -0.25) is 4.81 Å². The summed E-state index contributed by atoms with van der Waals surface area (Å²) in [5, 5.41) is 35.0. The summed E-state index contributed by atoms with van der Waals surface area (Å²) < 4.78 is 8.64. The van der Waals surface area contributed by atoms with Crippen LogP contribution in [-0.4, -0.2) is 36.2 Å². The van der Waals surface area contributed by atoms with Crippen LogP contribution in [0.15, 0.2) is 18.7 Å². The van der Waals surface area contributed by atoms with Crippen molar-refractivity contribution in [2.45, 2.75) is 19.1 Å². The minimum Gasteiger partial charge on any atom is -0.830 e. The number of methoxy groups -OCH3 is 1. The van der Waals surface area contributed by atoms with Gasteiger partial charge in [0.05, 0.1) is 13.6 Å². The molecule has 0 aliphatic heterocycles. The maximum Gasteiger partial charge on any atom is 0.387 e. The number of aryl methyl sites for hydroxylation is 2. The van der Waals surface area contributed by atoms with Crippen molar-refractivity contribution in [3.63, 3.8) is 0 Å². The molecule has 0 saturated carbocycles. The average molecular weight is 296 g/mol. The molecular formula is C11H17BN4O5. The lowest BCUT2D eigenvalue weighted by Crippen LogP contribution is -2.41. The van der Waals surface area contributed by atoms with Crippen molar-refractivity contribution in [2.75, 3.05) is 13.7 Å². The molecule has 0 aromatic carbocycles. The number of imidazole rings is 1. The Morgan fingerprint density at radius 2 is 2.10 bits per heavy atom. The summed E-state index contributed by atoms with van der Waals surface area (Å²) in [6, 6.07) is 2.88. The van der Waals surface area contributed by atoms with Crippen LogP contribution in [-0.2, 0) is 28.0 Å². The van der Waals surface area contributed by atoms with E-state index < -0.39 is 19.5 Å². The molecule has 1 heterocycles. The maximum absolute atomic E-state index is 9.96. The van der Waals surface area contributed by atoms with Crippen molar-refractivity contribution >= 4 is 7.32 Å². The Morgan fingerprint density at radius 3 is 2.38 bits per heavy atom. The highest BCUT2D eigenvalue weighted by atomic mass is 17.2. The van der Waals surface area contributed by atoms with Crippen LogP contribution < -0.4 is 9.59 Å². The molecule has 21 heavy (non-hydrogen) atoms. The number of nitrogens with zero attached hydrogens (tertiary/aromatic N) is 4. The lowest BCUT2D eigenvalue weighted by molar-refractivity contribution is -0.671. The Balaban J connectivity index is 0.000000423. The third-order valence-corrected chi connectivity index (χ3v) is 2.17. The zero-order valence-electron chi connectivity index (χ0n) is 12.1. The first-order valence-corrected chi connectivity index (χ1v) is 5.93. The first-order valence-electron chi connectivity index (χ1n) is 5.93. The summed E-state index contributed by atoms with van der Waals surface area (Å²) in [6.07, 6.45) is 6.14. The van der Waals surface area contributed by atoms with Crippen molar-refractivity contribution in [1.82, 2.24) is 4.57 Å². The SMILES string of the molecule is CCn1cc[n+](C)c1.COCC(C#N)(C#N)OOB([O-])O. The van der Waals surface area contributed by atoms with Gasteiger partial charge in [0, 0.05) is 7.11 Å². The van der Waals surface area contributed by atoms with E-state index >= 15 is 0 Å². The summed E-state index contributed by atoms with van der Waals surface area (Å²) >= 11 is 0. The first kappa shape index (κ1) is 19.1. The quantitative estimate of drug-likeness (QED) is 0.279. The zero-order valence-corrected chi connectivity index (χ0v) is 12.1. The fraction of sp³-hybridized carbons (Fsp3) is 0.545. The smallest absolute Gasteiger partial charge is 0.387 e. The Morgan fingerprint density at radius 1 is 1.48 bits per heavy atom. The molecule has 0 bridgehead atoms. The normalized spacial score (nSPS) is 10.0. The molecule has 0 aliphatic rings. The number of ether oxygens (including phenoxy) is 1. The van der Waals surface area contributed by atoms with Crippen LogP contribution in [0.5, 0.6) is 0 Å². The molecule has 0 unspecified atom stereocenters. The van der Waals surface area contributed by atoms with Crippen LogP contribution in [0.1, 0.15) is 6.92 Å². The minimum absolute atomic E-state index is 0.396. The van der Waals surface area contributed by atoms with Crippen LogP contribution in [0.3, 0.4) is 0 Å². The van der Waals surface area contributed by atoms with Crippen molar-refractivity contribution in [3.05, 3.63) is 18.7 Å². The van der Waals surface area contributed by atoms with Crippen LogP contribution in [0.25, 0.3) is 0 Å². The molecule has 0 fully saturated rings. The highest BCUT2D eigenvalue weighted by molar-refractivity contribution is 6.30. The molecule has 1 N–H and O–H groups in total. The molecule has 0 amide bonds. The summed E-state index contributed by atoms with van der Waals surface area (Å²) in [5.41, 5.74) is -2.03. The second-order valence-corrected chi connectivity index (χ2v) is 3.88. The predicted octanol–water partition coefficient (Wildman–Crippen LogP) is -1.96. The van der Waals surface area contributed by atoms with Gasteiger partial charge in [0.15, 0.2) is 0 Å². The lowest BCUT2D eigenvalue weighted by Gasteiger charge is -2.19. The Kier molecular flexibility index (Phi) is 8.97. The average Bonchev–Trinajstić information content (AvgIpc) is 2.90. The van der Waals surface area contributed by atoms with E-state index in [9.17, 15) is 5.02 Å². The van der Waals surface area contributed by atoms with Gasteiger partial charge in [-0.25, -0.2) is 14.0 Å². The number of hydrogen-bond donors (Lipinski definition) is 1. The molecule has 0 saturated heterocycles. The minimum atomic E-state index is -2.46. The van der Waals surface area contributed by atoms with E-state index in [-0.39, 0.29) is 0 Å². The van der Waals surface area contributed by atoms with Gasteiger partial charge in [0.1, 0.15) is 31.1 Å². The Hall–Kier alpha value is -1.95. The first-order chi connectivity index (χ1) is 9.92. The number of rotatable bonds is 6. The monoisotopic (exact) mass is 296 g/mol. The van der Waals surface area contributed by atoms with Crippen LogP contribution in [0.4, 0.5) is 0 Å². The highest BCUT2D eigenvalue weighted by Gasteiger charge is 2.33. The van der Waals surface area contributed by atoms with Gasteiger partial charge >= 0.3 is 7.32 Å². The fourth-order valence-corrected chi connectivity index (χ4v) is 1.17. The fourth-order valence-electron chi connectivity index (χ4n) is 1.17. The Labute approximate surface area is 123 Å². The Bertz CT molecular complexity index is 480. The van der Waals surface area contributed by atoms with E-state index in [1.807, 2.05) is 17.8 Å². The van der Waals surface area contributed by atoms with Crippen molar-refractivity contribution in [1.29, 1.82) is 10.5 Å². The van der Waals surface area contributed by atoms with E-state index in [1.54, 1.807) is 0 Å². The van der Waals surface area contributed by atoms with Gasteiger partial charge in [-0.2, -0.15) is 10.5 Å². The van der Waals surface area contributed by atoms with E-state index in [0.717, 1.165) is 6.54 Å². The van der Waals surface area contributed by atoms with E-state index in [2.05, 4.69) is 38.4 Å². The molecule has 1 rings (SSSR count). The highest BCUT2D eigenvalue weighted by Crippen LogP contribution is 2.09. The second kappa shape index (κ2) is 9.88. The molecule has 0 radical (unpaired) electrons. The molecule has 1 aromatic heterocycles. The van der Waals surface area contributed by atoms with Crippen molar-refractivity contribution in [2.24, 2.45) is 7.05 Å². The van der Waals surface area contributed by atoms with Crippen LogP contribution in [0, 0.1) is 22.7 Å². The predicted molar refractivity (Wildman–Crippen MR) is 67.3 cm³/mol. The largest absolute Gasteiger partial charge is 0.830 e. The molecule has 9 nitrogen and oxygen atoms in total. The topological polar surface area (TPSA) is 127 Å². The summed E-state index contributed by atoms with van der Waals surface area (Å²) in [7, 11) is 0.796. The number of hydrogen-bond acceptors (Lipinski definition) is 7. The summed E-state index contributed by atoms with van der Waals surface area (Å²) in [4.78, 5) is 7.84. The zero-order chi connectivity index (χ0) is 16.3. The molecular weight excluding hydrogens is 279 g/mol. The molecule has 0 atom stereocenters. The van der Waals surface area contributed by atoms with Crippen LogP contribution in [0.2, 0.25) is 0 Å². The standard InChI is InChI=1S/C6H11N2.C5H6BN2O5/c1-3-8-5-4-7(2)6-8;1-11-4-5(2-7,3-8)12-13-6(9)10/h4-6H,3H2,1-2H3;9H,4H2,1H3/q+1;-1.